The van der Waals surface area contributed by atoms with E-state index in [2.05, 4.69) is 30.3 Å². The second-order valence-electron chi connectivity index (χ2n) is 3.88. The molecule has 1 aliphatic heterocycles. The lowest BCUT2D eigenvalue weighted by Gasteiger charge is -2.27. The molecule has 0 amide bonds. The van der Waals surface area contributed by atoms with Crippen molar-refractivity contribution in [3.63, 3.8) is 0 Å². The molecule has 0 unspecified atom stereocenters. The van der Waals surface area contributed by atoms with Gasteiger partial charge in [-0.05, 0) is 38.5 Å². The molecule has 0 aliphatic carbocycles. The van der Waals surface area contributed by atoms with Crippen molar-refractivity contribution in [2.45, 2.75) is 19.3 Å². The topological polar surface area (TPSA) is 0 Å². The normalized spacial score (nSPS) is 21.2. The van der Waals surface area contributed by atoms with Crippen LogP contribution in [0.3, 0.4) is 0 Å². The molecule has 1 saturated heterocycles. The predicted molar refractivity (Wildman–Crippen MR) is 62.3 cm³/mol. The molecule has 2 heteroatoms. The van der Waals surface area contributed by atoms with E-state index >= 15 is 0 Å². The minimum atomic E-state index is -1.22. The highest BCUT2D eigenvalue weighted by molar-refractivity contribution is 8.03. The van der Waals surface area contributed by atoms with Crippen LogP contribution >= 0.6 is 7.14 Å². The van der Waals surface area contributed by atoms with Crippen molar-refractivity contribution >= 4 is 20.0 Å². The highest BCUT2D eigenvalue weighted by atomic mass is 31.2. The molecule has 1 aliphatic rings. The van der Waals surface area contributed by atoms with E-state index in [0.717, 1.165) is 0 Å². The van der Waals surface area contributed by atoms with Gasteiger partial charge in [-0.3, -0.25) is 0 Å². The maximum Gasteiger partial charge on any atom is 0.371 e. The van der Waals surface area contributed by atoms with Crippen molar-refractivity contribution in [3.8, 4) is 0 Å². The van der Waals surface area contributed by atoms with E-state index in [0.29, 0.717) is 0 Å². The fourth-order valence-electron chi connectivity index (χ4n) is 2.06. The molecule has 0 N–H and O–H groups in total. The number of benzene rings is 1. The number of hydrogen-bond donors (Lipinski definition) is 0. The maximum absolute atomic E-state index is 6.49. The average molecular weight is 189 g/mol. The van der Waals surface area contributed by atoms with Crippen LogP contribution < -0.4 is 5.30 Å². The van der Waals surface area contributed by atoms with Crippen LogP contribution in [0.15, 0.2) is 30.3 Å². The van der Waals surface area contributed by atoms with E-state index in [9.17, 15) is 0 Å². The summed E-state index contributed by atoms with van der Waals surface area (Å²) >= 11 is 0. The van der Waals surface area contributed by atoms with Crippen LogP contribution in [0.4, 0.5) is 0 Å². The van der Waals surface area contributed by atoms with Crippen LogP contribution in [0.25, 0.3) is 0 Å². The Morgan fingerprint density at radius 3 is 2.15 bits per heavy atom. The van der Waals surface area contributed by atoms with Crippen molar-refractivity contribution in [2.24, 2.45) is 0 Å². The Labute approximate surface area is 82.4 Å². The van der Waals surface area contributed by atoms with Gasteiger partial charge in [0.1, 0.15) is 0 Å². The molecule has 1 aromatic rings. The standard InChI is InChI=1S/C11H15BP/c12-13(9-5-2-6-10-13)11-7-3-1-4-8-11/h1,3-4,7-8H,2,5-6,9-10H2/q+1. The van der Waals surface area contributed by atoms with E-state index in [-0.39, 0.29) is 0 Å². The maximum atomic E-state index is 6.49. The molecular weight excluding hydrogens is 174 g/mol. The molecule has 0 nitrogen and oxygen atoms in total. The quantitative estimate of drug-likeness (QED) is 0.470. The molecule has 2 rings (SSSR count). The second kappa shape index (κ2) is 3.84. The highest BCUT2D eigenvalue weighted by Gasteiger charge is 2.35. The Morgan fingerprint density at radius 2 is 1.54 bits per heavy atom. The molecule has 0 aromatic heterocycles. The van der Waals surface area contributed by atoms with Gasteiger partial charge in [0, 0.05) is 12.3 Å². The molecule has 0 atom stereocenters. The third-order valence-electron chi connectivity index (χ3n) is 2.88. The summed E-state index contributed by atoms with van der Waals surface area (Å²) in [6.45, 7) is 0. The van der Waals surface area contributed by atoms with Gasteiger partial charge >= 0.3 is 7.57 Å². The van der Waals surface area contributed by atoms with Gasteiger partial charge in [-0.2, -0.15) is 0 Å². The van der Waals surface area contributed by atoms with Gasteiger partial charge in [0.2, 0.25) is 0 Å². The van der Waals surface area contributed by atoms with Gasteiger partial charge in [0.15, 0.2) is 0 Å². The Morgan fingerprint density at radius 1 is 0.923 bits per heavy atom. The first kappa shape index (κ1) is 9.28. The molecule has 2 radical (unpaired) electrons. The Bertz CT molecular complexity index is 265. The fourth-order valence-corrected chi connectivity index (χ4v) is 5.14. The predicted octanol–water partition coefficient (Wildman–Crippen LogP) is 2.60. The molecule has 66 valence electrons. The van der Waals surface area contributed by atoms with Gasteiger partial charge in [-0.15, -0.1) is 0 Å². The van der Waals surface area contributed by atoms with Crippen molar-refractivity contribution in [2.75, 3.05) is 12.3 Å². The SMILES string of the molecule is [B][P+]1(c2ccccc2)CCCCC1. The van der Waals surface area contributed by atoms with E-state index in [1.54, 1.807) is 0 Å². The van der Waals surface area contributed by atoms with Crippen LogP contribution in [0.5, 0.6) is 0 Å². The summed E-state index contributed by atoms with van der Waals surface area (Å²) in [4.78, 5) is 0. The van der Waals surface area contributed by atoms with Crippen LogP contribution in [0, 0.1) is 0 Å². The molecule has 0 saturated carbocycles. The van der Waals surface area contributed by atoms with Gasteiger partial charge in [-0.1, -0.05) is 18.2 Å². The monoisotopic (exact) mass is 189 g/mol. The van der Waals surface area contributed by atoms with E-state index in [4.69, 9.17) is 7.57 Å². The van der Waals surface area contributed by atoms with Crippen LogP contribution in [0.2, 0.25) is 0 Å². The molecule has 0 bridgehead atoms. The van der Waals surface area contributed by atoms with Crippen molar-refractivity contribution in [3.05, 3.63) is 30.3 Å². The van der Waals surface area contributed by atoms with E-state index < -0.39 is 7.14 Å². The van der Waals surface area contributed by atoms with Crippen LogP contribution in [0.1, 0.15) is 19.3 Å². The minimum absolute atomic E-state index is 1.22. The van der Waals surface area contributed by atoms with Gasteiger partial charge in [-0.25, -0.2) is 0 Å². The molecule has 1 aromatic carbocycles. The fraction of sp³-hybridized carbons (Fsp3) is 0.455. The summed E-state index contributed by atoms with van der Waals surface area (Å²) in [5, 5.41) is 1.43. The lowest BCUT2D eigenvalue weighted by molar-refractivity contribution is 0.753. The first-order chi connectivity index (χ1) is 6.31. The largest absolute Gasteiger partial charge is 0.371 e. The Hall–Kier alpha value is -0.285. The lowest BCUT2D eigenvalue weighted by atomic mass is 10.3. The minimum Gasteiger partial charge on any atom is -0.0620 e. The van der Waals surface area contributed by atoms with Crippen molar-refractivity contribution in [1.29, 1.82) is 0 Å². The zero-order valence-corrected chi connectivity index (χ0v) is 8.84. The van der Waals surface area contributed by atoms with Crippen LogP contribution in [-0.4, -0.2) is 19.9 Å². The van der Waals surface area contributed by atoms with Gasteiger partial charge in [0.25, 0.3) is 0 Å². The smallest absolute Gasteiger partial charge is 0.0620 e. The third kappa shape index (κ3) is 1.97. The summed E-state index contributed by atoms with van der Waals surface area (Å²) in [5.74, 6) is 0. The first-order valence-electron chi connectivity index (χ1n) is 5.02. The number of rotatable bonds is 1. The summed E-state index contributed by atoms with van der Waals surface area (Å²) in [5.41, 5.74) is 0. The molecule has 1 fully saturated rings. The molecule has 1 heterocycles. The zero-order valence-electron chi connectivity index (χ0n) is 7.95. The van der Waals surface area contributed by atoms with Crippen molar-refractivity contribution in [1.82, 2.24) is 0 Å². The van der Waals surface area contributed by atoms with Crippen LogP contribution in [-0.2, 0) is 0 Å². The highest BCUT2D eigenvalue weighted by Crippen LogP contribution is 2.56. The lowest BCUT2D eigenvalue weighted by Crippen LogP contribution is -2.20. The third-order valence-corrected chi connectivity index (χ3v) is 6.44. The molecule has 13 heavy (non-hydrogen) atoms. The Kier molecular flexibility index (Phi) is 2.74. The molecular formula is C11H15BP+. The zero-order chi connectivity index (χ0) is 9.15. The summed E-state index contributed by atoms with van der Waals surface area (Å²) < 4.78 is 0. The second-order valence-corrected chi connectivity index (χ2v) is 7.36. The number of hydrogen-bond acceptors (Lipinski definition) is 0. The Balaban J connectivity index is 2.23. The van der Waals surface area contributed by atoms with E-state index in [1.165, 1.54) is 36.9 Å². The summed E-state index contributed by atoms with van der Waals surface area (Å²) in [6, 6.07) is 10.7. The van der Waals surface area contributed by atoms with Gasteiger partial charge < -0.3 is 0 Å². The summed E-state index contributed by atoms with van der Waals surface area (Å²) in [6.07, 6.45) is 6.57. The summed E-state index contributed by atoms with van der Waals surface area (Å²) in [7, 11) is 5.28. The first-order valence-corrected chi connectivity index (χ1v) is 7.25. The molecule has 0 spiro atoms. The van der Waals surface area contributed by atoms with Crippen molar-refractivity contribution < 1.29 is 0 Å². The van der Waals surface area contributed by atoms with E-state index in [1.807, 2.05) is 0 Å². The van der Waals surface area contributed by atoms with Gasteiger partial charge in [0.05, 0.1) is 5.30 Å². The average Bonchev–Trinajstić information content (AvgIpc) is 2.20.